The van der Waals surface area contributed by atoms with Crippen molar-refractivity contribution in [2.24, 2.45) is 5.73 Å². The van der Waals surface area contributed by atoms with Crippen molar-refractivity contribution in [2.75, 3.05) is 11.9 Å². The molecule has 2 aromatic rings. The molecule has 20 heavy (non-hydrogen) atoms. The molecule has 2 N–H and O–H groups in total. The highest BCUT2D eigenvalue weighted by Gasteiger charge is 2.29. The predicted octanol–water partition coefficient (Wildman–Crippen LogP) is 3.77. The second kappa shape index (κ2) is 5.72. The summed E-state index contributed by atoms with van der Waals surface area (Å²) in [5.74, 6) is 0.646. The molecule has 1 fully saturated rings. The summed E-state index contributed by atoms with van der Waals surface area (Å²) < 4.78 is 0. The van der Waals surface area contributed by atoms with E-state index >= 15 is 0 Å². The van der Waals surface area contributed by atoms with Crippen LogP contribution in [0, 0.1) is 0 Å². The minimum absolute atomic E-state index is 0.587. The molecule has 0 amide bonds. The predicted molar refractivity (Wildman–Crippen MR) is 85.5 cm³/mol. The molecule has 3 rings (SSSR count). The second-order valence-electron chi connectivity index (χ2n) is 5.23. The van der Waals surface area contributed by atoms with Gasteiger partial charge in [-0.2, -0.15) is 0 Å². The zero-order valence-electron chi connectivity index (χ0n) is 11.5. The average molecular weight is 308 g/mol. The molecule has 0 unspecified atom stereocenters. The summed E-state index contributed by atoms with van der Waals surface area (Å²) in [6, 6.07) is 7.94. The number of hydrogen-bond acceptors (Lipinski definition) is 4. The van der Waals surface area contributed by atoms with E-state index in [2.05, 4.69) is 18.0 Å². The van der Waals surface area contributed by atoms with E-state index in [-0.39, 0.29) is 0 Å². The van der Waals surface area contributed by atoms with Crippen LogP contribution in [-0.2, 0) is 13.1 Å². The first-order valence-corrected chi connectivity index (χ1v) is 8.02. The van der Waals surface area contributed by atoms with Gasteiger partial charge in [0, 0.05) is 36.0 Å². The molecule has 1 aliphatic carbocycles. The number of anilines is 1. The maximum Gasteiger partial charge on any atom is 0.185 e. The number of hydrogen-bond donors (Lipinski definition) is 1. The molecule has 0 atom stereocenters. The smallest absolute Gasteiger partial charge is 0.185 e. The summed E-state index contributed by atoms with van der Waals surface area (Å²) in [6.07, 6.45) is 2.51. The number of halogens is 1. The van der Waals surface area contributed by atoms with Crippen LogP contribution in [0.2, 0.25) is 5.02 Å². The molecule has 1 aromatic carbocycles. The highest BCUT2D eigenvalue weighted by molar-refractivity contribution is 7.15. The van der Waals surface area contributed by atoms with Gasteiger partial charge < -0.3 is 10.6 Å². The molecule has 1 aliphatic rings. The lowest BCUT2D eigenvalue weighted by Crippen LogP contribution is -2.16. The summed E-state index contributed by atoms with van der Waals surface area (Å²) in [7, 11) is 2.05. The Labute approximate surface area is 128 Å². The van der Waals surface area contributed by atoms with Gasteiger partial charge in [-0.1, -0.05) is 29.8 Å². The molecule has 1 aromatic heterocycles. The fraction of sp³-hybridized carbons (Fsp3) is 0.400. The SMILES string of the molecule is CN(Cc1ccccc1Cl)c1nc(C2CC2)c(CN)s1. The summed E-state index contributed by atoms with van der Waals surface area (Å²) in [5.41, 5.74) is 8.18. The number of benzene rings is 1. The van der Waals surface area contributed by atoms with Gasteiger partial charge in [0.05, 0.1) is 5.69 Å². The standard InChI is InChI=1S/C15H18ClN3S/c1-19(9-11-4-2-3-5-12(11)16)15-18-14(10-6-7-10)13(8-17)20-15/h2-5,10H,6-9,17H2,1H3. The molecule has 0 aliphatic heterocycles. The first kappa shape index (κ1) is 13.9. The normalized spacial score (nSPS) is 14.6. The van der Waals surface area contributed by atoms with Crippen LogP contribution >= 0.6 is 22.9 Å². The van der Waals surface area contributed by atoms with E-state index < -0.39 is 0 Å². The van der Waals surface area contributed by atoms with E-state index in [0.29, 0.717) is 12.5 Å². The minimum Gasteiger partial charge on any atom is -0.347 e. The number of rotatable bonds is 5. The molecule has 1 saturated carbocycles. The number of nitrogens with two attached hydrogens (primary N) is 1. The van der Waals surface area contributed by atoms with E-state index in [4.69, 9.17) is 22.3 Å². The van der Waals surface area contributed by atoms with Crippen molar-refractivity contribution in [3.05, 3.63) is 45.4 Å². The van der Waals surface area contributed by atoms with Crippen LogP contribution in [0.4, 0.5) is 5.13 Å². The second-order valence-corrected chi connectivity index (χ2v) is 6.70. The number of aromatic nitrogens is 1. The third-order valence-electron chi connectivity index (χ3n) is 3.56. The van der Waals surface area contributed by atoms with Crippen LogP contribution in [0.25, 0.3) is 0 Å². The van der Waals surface area contributed by atoms with Gasteiger partial charge in [-0.25, -0.2) is 4.98 Å². The molecule has 0 radical (unpaired) electrons. The fourth-order valence-electron chi connectivity index (χ4n) is 2.29. The van der Waals surface area contributed by atoms with Crippen molar-refractivity contribution in [1.82, 2.24) is 4.98 Å². The zero-order chi connectivity index (χ0) is 14.1. The first-order chi connectivity index (χ1) is 9.69. The summed E-state index contributed by atoms with van der Waals surface area (Å²) >= 11 is 7.92. The lowest BCUT2D eigenvalue weighted by molar-refractivity contribution is 0.898. The lowest BCUT2D eigenvalue weighted by atomic mass is 10.2. The Morgan fingerprint density at radius 2 is 2.15 bits per heavy atom. The molecule has 5 heteroatoms. The number of thiazole rings is 1. The number of nitrogens with zero attached hydrogens (tertiary/aromatic N) is 2. The summed E-state index contributed by atoms with van der Waals surface area (Å²) in [5, 5.41) is 1.84. The highest BCUT2D eigenvalue weighted by atomic mass is 35.5. The van der Waals surface area contributed by atoms with Gasteiger partial charge in [-0.3, -0.25) is 0 Å². The lowest BCUT2D eigenvalue weighted by Gasteiger charge is -2.16. The molecule has 106 valence electrons. The van der Waals surface area contributed by atoms with Crippen LogP contribution in [0.1, 0.15) is 34.9 Å². The van der Waals surface area contributed by atoms with Crippen molar-refractivity contribution in [2.45, 2.75) is 31.8 Å². The van der Waals surface area contributed by atoms with Crippen LogP contribution in [-0.4, -0.2) is 12.0 Å². The van der Waals surface area contributed by atoms with E-state index in [1.165, 1.54) is 23.4 Å². The summed E-state index contributed by atoms with van der Waals surface area (Å²) in [4.78, 5) is 8.17. The van der Waals surface area contributed by atoms with Gasteiger partial charge in [0.1, 0.15) is 0 Å². The Morgan fingerprint density at radius 1 is 1.40 bits per heavy atom. The monoisotopic (exact) mass is 307 g/mol. The maximum atomic E-state index is 6.22. The summed E-state index contributed by atoms with van der Waals surface area (Å²) in [6.45, 7) is 1.35. The molecule has 3 nitrogen and oxygen atoms in total. The minimum atomic E-state index is 0.587. The largest absolute Gasteiger partial charge is 0.347 e. The van der Waals surface area contributed by atoms with Crippen LogP contribution in [0.5, 0.6) is 0 Å². The van der Waals surface area contributed by atoms with Crippen molar-refractivity contribution in [3.63, 3.8) is 0 Å². The Kier molecular flexibility index (Phi) is 3.96. The average Bonchev–Trinajstić information content (AvgIpc) is 3.20. The van der Waals surface area contributed by atoms with E-state index in [0.717, 1.165) is 22.3 Å². The quantitative estimate of drug-likeness (QED) is 0.914. The van der Waals surface area contributed by atoms with Crippen molar-refractivity contribution < 1.29 is 0 Å². The van der Waals surface area contributed by atoms with Gasteiger partial charge >= 0.3 is 0 Å². The Hall–Kier alpha value is -1.10. The van der Waals surface area contributed by atoms with Gasteiger partial charge in [0.25, 0.3) is 0 Å². The molecule has 0 bridgehead atoms. The van der Waals surface area contributed by atoms with Crippen LogP contribution < -0.4 is 10.6 Å². The van der Waals surface area contributed by atoms with E-state index in [1.54, 1.807) is 11.3 Å². The van der Waals surface area contributed by atoms with Gasteiger partial charge in [-0.05, 0) is 24.5 Å². The van der Waals surface area contributed by atoms with E-state index in [9.17, 15) is 0 Å². The van der Waals surface area contributed by atoms with Crippen LogP contribution in [0.3, 0.4) is 0 Å². The van der Waals surface area contributed by atoms with Crippen molar-refractivity contribution in [3.8, 4) is 0 Å². The Bertz CT molecular complexity index is 607. The first-order valence-electron chi connectivity index (χ1n) is 6.83. The Balaban J connectivity index is 1.80. The zero-order valence-corrected chi connectivity index (χ0v) is 13.0. The fourth-order valence-corrected chi connectivity index (χ4v) is 3.47. The molecular weight excluding hydrogens is 290 g/mol. The van der Waals surface area contributed by atoms with Crippen LogP contribution in [0.15, 0.2) is 24.3 Å². The third-order valence-corrected chi connectivity index (χ3v) is 5.13. The van der Waals surface area contributed by atoms with Gasteiger partial charge in [0.2, 0.25) is 0 Å². The third kappa shape index (κ3) is 2.82. The maximum absolute atomic E-state index is 6.22. The van der Waals surface area contributed by atoms with Gasteiger partial charge in [0.15, 0.2) is 5.13 Å². The van der Waals surface area contributed by atoms with Crippen molar-refractivity contribution >= 4 is 28.1 Å². The molecule has 1 heterocycles. The molecule has 0 saturated heterocycles. The highest BCUT2D eigenvalue weighted by Crippen LogP contribution is 2.44. The van der Waals surface area contributed by atoms with Crippen molar-refractivity contribution in [1.29, 1.82) is 0 Å². The topological polar surface area (TPSA) is 42.2 Å². The molecule has 0 spiro atoms. The van der Waals surface area contributed by atoms with E-state index in [1.807, 2.05) is 18.2 Å². The molecular formula is C15H18ClN3S. The van der Waals surface area contributed by atoms with Gasteiger partial charge in [-0.15, -0.1) is 11.3 Å². The Morgan fingerprint density at radius 3 is 2.80 bits per heavy atom.